The number of rotatable bonds is 6. The van der Waals surface area contributed by atoms with Crippen LogP contribution in [0.2, 0.25) is 0 Å². The van der Waals surface area contributed by atoms with Crippen LogP contribution >= 0.6 is 0 Å². The quantitative estimate of drug-likeness (QED) is 0.762. The molecule has 0 atom stereocenters. The Balaban J connectivity index is 1.57. The van der Waals surface area contributed by atoms with Crippen molar-refractivity contribution in [2.24, 2.45) is 5.92 Å². The number of aromatic nitrogens is 2. The molecule has 1 aliphatic rings. The zero-order chi connectivity index (χ0) is 16.1. The molecule has 0 aliphatic heterocycles. The molecule has 0 saturated heterocycles. The molecule has 0 spiro atoms. The van der Waals surface area contributed by atoms with Crippen LogP contribution < -0.4 is 10.6 Å². The lowest BCUT2D eigenvalue weighted by atomic mass is 9.85. The summed E-state index contributed by atoms with van der Waals surface area (Å²) in [5.41, 5.74) is 2.41. The average Bonchev–Trinajstić information content (AvgIpc) is 2.52. The van der Waals surface area contributed by atoms with Crippen LogP contribution in [-0.4, -0.2) is 21.2 Å². The highest BCUT2D eigenvalue weighted by Gasteiger charge is 2.25. The number of benzene rings is 1. The third-order valence-electron chi connectivity index (χ3n) is 4.03. The highest BCUT2D eigenvalue weighted by molar-refractivity contribution is 5.93. The summed E-state index contributed by atoms with van der Waals surface area (Å²) in [6, 6.07) is 11.3. The molecule has 1 amide bonds. The molecule has 6 nitrogen and oxygen atoms in total. The predicted octanol–water partition coefficient (Wildman–Crippen LogP) is 2.32. The van der Waals surface area contributed by atoms with Crippen molar-refractivity contribution in [3.8, 4) is 0 Å². The lowest BCUT2D eigenvalue weighted by Gasteiger charge is -2.24. The number of hydrogen-bond donors (Lipinski definition) is 3. The monoisotopic (exact) mass is 312 g/mol. The number of aliphatic hydroxyl groups excluding tert-OH is 1. The summed E-state index contributed by atoms with van der Waals surface area (Å²) >= 11 is 0. The van der Waals surface area contributed by atoms with Crippen LogP contribution in [0.15, 0.2) is 36.4 Å². The van der Waals surface area contributed by atoms with Gasteiger partial charge in [-0.05, 0) is 42.7 Å². The fourth-order valence-corrected chi connectivity index (χ4v) is 2.40. The minimum atomic E-state index is -0.115. The van der Waals surface area contributed by atoms with Gasteiger partial charge in [0.05, 0.1) is 12.3 Å². The SMILES string of the molecule is O=C(Nc1cccc(CNc2ccc(CO)nn2)c1)C1CCC1. The number of nitrogens with zero attached hydrogens (tertiary/aromatic N) is 2. The summed E-state index contributed by atoms with van der Waals surface area (Å²) in [5, 5.41) is 23.0. The molecule has 6 heteroatoms. The van der Waals surface area contributed by atoms with Gasteiger partial charge in [0.15, 0.2) is 0 Å². The van der Waals surface area contributed by atoms with Crippen molar-refractivity contribution >= 4 is 17.4 Å². The first kappa shape index (κ1) is 15.4. The van der Waals surface area contributed by atoms with E-state index in [-0.39, 0.29) is 18.4 Å². The third kappa shape index (κ3) is 4.04. The first-order valence-electron chi connectivity index (χ1n) is 7.82. The fourth-order valence-electron chi connectivity index (χ4n) is 2.40. The van der Waals surface area contributed by atoms with Crippen LogP contribution in [0.4, 0.5) is 11.5 Å². The summed E-state index contributed by atoms with van der Waals surface area (Å²) in [5.74, 6) is 0.940. The van der Waals surface area contributed by atoms with E-state index in [1.165, 1.54) is 0 Å². The van der Waals surface area contributed by atoms with Crippen LogP contribution in [0.25, 0.3) is 0 Å². The van der Waals surface area contributed by atoms with Gasteiger partial charge in [-0.1, -0.05) is 18.6 Å². The lowest BCUT2D eigenvalue weighted by Crippen LogP contribution is -2.28. The molecule has 1 fully saturated rings. The summed E-state index contributed by atoms with van der Waals surface area (Å²) in [6.45, 7) is 0.469. The molecule has 0 unspecified atom stereocenters. The molecule has 120 valence electrons. The van der Waals surface area contributed by atoms with Gasteiger partial charge < -0.3 is 15.7 Å². The van der Waals surface area contributed by atoms with E-state index >= 15 is 0 Å². The van der Waals surface area contributed by atoms with Crippen molar-refractivity contribution in [3.63, 3.8) is 0 Å². The topological polar surface area (TPSA) is 87.1 Å². The van der Waals surface area contributed by atoms with Crippen molar-refractivity contribution in [3.05, 3.63) is 47.7 Å². The van der Waals surface area contributed by atoms with E-state index in [4.69, 9.17) is 5.11 Å². The number of aliphatic hydroxyl groups is 1. The molecular formula is C17H20N4O2. The Morgan fingerprint density at radius 1 is 1.22 bits per heavy atom. The Kier molecular flexibility index (Phi) is 4.83. The molecule has 0 radical (unpaired) electrons. The second kappa shape index (κ2) is 7.19. The molecule has 23 heavy (non-hydrogen) atoms. The van der Waals surface area contributed by atoms with Crippen molar-refractivity contribution in [2.45, 2.75) is 32.4 Å². The van der Waals surface area contributed by atoms with E-state index in [0.29, 0.717) is 18.1 Å². The van der Waals surface area contributed by atoms with E-state index in [1.807, 2.05) is 24.3 Å². The maximum absolute atomic E-state index is 12.0. The van der Waals surface area contributed by atoms with Gasteiger partial charge in [-0.3, -0.25) is 4.79 Å². The van der Waals surface area contributed by atoms with E-state index in [9.17, 15) is 4.79 Å². The summed E-state index contributed by atoms with van der Waals surface area (Å²) in [7, 11) is 0. The standard InChI is InChI=1S/C17H20N4O2/c22-11-15-7-8-16(21-20-15)18-10-12-3-1-6-14(9-12)19-17(23)13-4-2-5-13/h1,3,6-9,13,22H,2,4-5,10-11H2,(H,18,21)(H,19,23). The van der Waals surface area contributed by atoms with E-state index < -0.39 is 0 Å². The van der Waals surface area contributed by atoms with Crippen molar-refractivity contribution in [1.82, 2.24) is 10.2 Å². The zero-order valence-electron chi connectivity index (χ0n) is 12.8. The zero-order valence-corrected chi connectivity index (χ0v) is 12.8. The number of nitrogens with one attached hydrogen (secondary N) is 2. The van der Waals surface area contributed by atoms with E-state index in [0.717, 1.165) is 30.5 Å². The van der Waals surface area contributed by atoms with Gasteiger partial charge in [0, 0.05) is 18.2 Å². The second-order valence-electron chi connectivity index (χ2n) is 5.74. The first-order chi connectivity index (χ1) is 11.2. The second-order valence-corrected chi connectivity index (χ2v) is 5.74. The molecule has 1 heterocycles. The normalized spacial score (nSPS) is 14.1. The van der Waals surface area contributed by atoms with Crippen LogP contribution in [0, 0.1) is 5.92 Å². The first-order valence-corrected chi connectivity index (χ1v) is 7.82. The van der Waals surface area contributed by atoms with Crippen molar-refractivity contribution in [2.75, 3.05) is 10.6 Å². The number of carbonyl (C=O) groups excluding carboxylic acids is 1. The Morgan fingerprint density at radius 2 is 2.09 bits per heavy atom. The van der Waals surface area contributed by atoms with Crippen LogP contribution in [0.1, 0.15) is 30.5 Å². The van der Waals surface area contributed by atoms with Gasteiger partial charge in [-0.2, -0.15) is 5.10 Å². The largest absolute Gasteiger partial charge is 0.390 e. The molecule has 1 aliphatic carbocycles. The van der Waals surface area contributed by atoms with Crippen LogP contribution in [-0.2, 0) is 17.9 Å². The highest BCUT2D eigenvalue weighted by atomic mass is 16.3. The summed E-state index contributed by atoms with van der Waals surface area (Å²) < 4.78 is 0. The Morgan fingerprint density at radius 3 is 2.74 bits per heavy atom. The molecule has 1 aromatic carbocycles. The van der Waals surface area contributed by atoms with Crippen LogP contribution in [0.5, 0.6) is 0 Å². The molecule has 0 bridgehead atoms. The molecule has 1 saturated carbocycles. The smallest absolute Gasteiger partial charge is 0.227 e. The van der Waals surface area contributed by atoms with Gasteiger partial charge in [0.25, 0.3) is 0 Å². The minimum Gasteiger partial charge on any atom is -0.390 e. The molecular weight excluding hydrogens is 292 g/mol. The maximum Gasteiger partial charge on any atom is 0.227 e. The minimum absolute atomic E-state index is 0.115. The van der Waals surface area contributed by atoms with E-state index in [1.54, 1.807) is 12.1 Å². The van der Waals surface area contributed by atoms with Gasteiger partial charge in [0.2, 0.25) is 5.91 Å². The maximum atomic E-state index is 12.0. The number of anilines is 2. The van der Waals surface area contributed by atoms with Crippen LogP contribution in [0.3, 0.4) is 0 Å². The summed E-state index contributed by atoms with van der Waals surface area (Å²) in [6.07, 6.45) is 3.14. The third-order valence-corrected chi connectivity index (χ3v) is 4.03. The Labute approximate surface area is 135 Å². The highest BCUT2D eigenvalue weighted by Crippen LogP contribution is 2.27. The average molecular weight is 312 g/mol. The van der Waals surface area contributed by atoms with Gasteiger partial charge in [0.1, 0.15) is 5.82 Å². The van der Waals surface area contributed by atoms with Gasteiger partial charge in [-0.15, -0.1) is 5.10 Å². The molecule has 3 N–H and O–H groups in total. The van der Waals surface area contributed by atoms with Crippen molar-refractivity contribution < 1.29 is 9.90 Å². The van der Waals surface area contributed by atoms with Gasteiger partial charge in [-0.25, -0.2) is 0 Å². The molecule has 2 aromatic rings. The number of amides is 1. The Hall–Kier alpha value is -2.47. The number of carbonyl (C=O) groups is 1. The number of hydrogen-bond acceptors (Lipinski definition) is 5. The van der Waals surface area contributed by atoms with Crippen molar-refractivity contribution in [1.29, 1.82) is 0 Å². The van der Waals surface area contributed by atoms with E-state index in [2.05, 4.69) is 20.8 Å². The fraction of sp³-hybridized carbons (Fsp3) is 0.353. The predicted molar refractivity (Wildman–Crippen MR) is 87.7 cm³/mol. The molecule has 1 aromatic heterocycles. The lowest BCUT2D eigenvalue weighted by molar-refractivity contribution is -0.122. The summed E-state index contributed by atoms with van der Waals surface area (Å²) in [4.78, 5) is 12.0. The van der Waals surface area contributed by atoms with Gasteiger partial charge >= 0.3 is 0 Å². The Bertz CT molecular complexity index is 669. The molecule has 3 rings (SSSR count).